The molecule has 1 aromatic rings. The molecule has 1 unspecified atom stereocenters. The number of carbonyl (C=O) groups is 1. The van der Waals surface area contributed by atoms with E-state index in [0.29, 0.717) is 12.2 Å². The van der Waals surface area contributed by atoms with Crippen molar-refractivity contribution in [3.63, 3.8) is 0 Å². The van der Waals surface area contributed by atoms with Crippen molar-refractivity contribution in [2.45, 2.75) is 30.2 Å². The van der Waals surface area contributed by atoms with Crippen molar-refractivity contribution in [3.05, 3.63) is 18.2 Å². The highest BCUT2D eigenvalue weighted by molar-refractivity contribution is 7.99. The number of amides is 1. The normalized spacial score (nSPS) is 17.8. The number of ether oxygens (including phenoxy) is 2. The van der Waals surface area contributed by atoms with Crippen LogP contribution in [-0.2, 0) is 4.79 Å². The number of methoxy groups -OCH3 is 2. The third kappa shape index (κ3) is 5.10. The van der Waals surface area contributed by atoms with Gasteiger partial charge in [-0.2, -0.15) is 0 Å². The third-order valence-electron chi connectivity index (χ3n) is 3.61. The minimum Gasteiger partial charge on any atom is -0.493 e. The van der Waals surface area contributed by atoms with E-state index in [4.69, 9.17) is 9.47 Å². The molecule has 22 heavy (non-hydrogen) atoms. The van der Waals surface area contributed by atoms with E-state index in [2.05, 4.69) is 10.6 Å². The van der Waals surface area contributed by atoms with Crippen molar-refractivity contribution in [1.82, 2.24) is 10.6 Å². The Labute approximate surface area is 136 Å². The molecule has 0 aromatic heterocycles. The Morgan fingerprint density at radius 2 is 2.18 bits per heavy atom. The number of nitrogens with one attached hydrogen (secondary N) is 2. The van der Waals surface area contributed by atoms with E-state index in [0.717, 1.165) is 42.3 Å². The number of thioether (sulfide) groups is 1. The predicted octanol–water partition coefficient (Wildman–Crippen LogP) is 2.05. The minimum absolute atomic E-state index is 0.127. The van der Waals surface area contributed by atoms with Crippen LogP contribution in [0.1, 0.15) is 19.3 Å². The van der Waals surface area contributed by atoms with Gasteiger partial charge in [0.05, 0.1) is 14.2 Å². The molecule has 1 fully saturated rings. The molecule has 1 amide bonds. The molecule has 0 aliphatic carbocycles. The number of hydrogen-bond donors (Lipinski definition) is 2. The molecule has 0 saturated carbocycles. The van der Waals surface area contributed by atoms with Gasteiger partial charge in [-0.1, -0.05) is 0 Å². The van der Waals surface area contributed by atoms with Gasteiger partial charge in [-0.15, -0.1) is 11.8 Å². The first-order valence-corrected chi connectivity index (χ1v) is 8.56. The van der Waals surface area contributed by atoms with Gasteiger partial charge in [-0.25, -0.2) is 0 Å². The second kappa shape index (κ2) is 8.90. The van der Waals surface area contributed by atoms with E-state index in [1.165, 1.54) is 0 Å². The fraction of sp³-hybridized carbons (Fsp3) is 0.562. The molecule has 5 nitrogen and oxygen atoms in total. The quantitative estimate of drug-likeness (QED) is 0.752. The van der Waals surface area contributed by atoms with Gasteiger partial charge in [0.15, 0.2) is 11.5 Å². The number of carbonyl (C=O) groups excluding carboxylic acids is 1. The van der Waals surface area contributed by atoms with E-state index in [1.807, 2.05) is 18.2 Å². The molecule has 1 heterocycles. The first-order valence-electron chi connectivity index (χ1n) is 7.58. The Kier molecular flexibility index (Phi) is 6.86. The smallest absolute Gasteiger partial charge is 0.221 e. The molecule has 1 atom stereocenters. The number of benzene rings is 1. The maximum Gasteiger partial charge on any atom is 0.221 e. The Bertz CT molecular complexity index is 490. The standard InChI is InChI=1S/C16H24N2O3S/c1-20-14-6-5-13(10-15(14)21-2)22-9-7-16(19)18-12-4-3-8-17-11-12/h5-6,10,12,17H,3-4,7-9,11H2,1-2H3,(H,18,19). The molecule has 2 rings (SSSR count). The van der Waals surface area contributed by atoms with Crippen molar-refractivity contribution in [1.29, 1.82) is 0 Å². The van der Waals surface area contributed by atoms with Crippen molar-refractivity contribution < 1.29 is 14.3 Å². The van der Waals surface area contributed by atoms with Gasteiger partial charge < -0.3 is 20.1 Å². The monoisotopic (exact) mass is 324 g/mol. The summed E-state index contributed by atoms with van der Waals surface area (Å²) in [6.07, 6.45) is 2.72. The van der Waals surface area contributed by atoms with Crippen LogP contribution in [0.25, 0.3) is 0 Å². The molecule has 1 aliphatic rings. The van der Waals surface area contributed by atoms with Gasteiger partial charge in [0.1, 0.15) is 0 Å². The Morgan fingerprint density at radius 1 is 1.36 bits per heavy atom. The van der Waals surface area contributed by atoms with Crippen LogP contribution in [0.4, 0.5) is 0 Å². The van der Waals surface area contributed by atoms with Crippen molar-refractivity contribution in [3.8, 4) is 11.5 Å². The van der Waals surface area contributed by atoms with Crippen LogP contribution in [0.5, 0.6) is 11.5 Å². The molecular weight excluding hydrogens is 300 g/mol. The van der Waals surface area contributed by atoms with Crippen LogP contribution in [0.15, 0.2) is 23.1 Å². The molecule has 6 heteroatoms. The zero-order chi connectivity index (χ0) is 15.8. The molecule has 1 aliphatic heterocycles. The number of piperidine rings is 1. The summed E-state index contributed by atoms with van der Waals surface area (Å²) in [7, 11) is 3.24. The lowest BCUT2D eigenvalue weighted by atomic mass is 10.1. The molecule has 0 spiro atoms. The first kappa shape index (κ1) is 17.0. The highest BCUT2D eigenvalue weighted by Crippen LogP contribution is 2.31. The average Bonchev–Trinajstić information content (AvgIpc) is 2.55. The molecule has 122 valence electrons. The van der Waals surface area contributed by atoms with Gasteiger partial charge in [0.25, 0.3) is 0 Å². The van der Waals surface area contributed by atoms with Gasteiger partial charge in [-0.05, 0) is 37.6 Å². The largest absolute Gasteiger partial charge is 0.493 e. The lowest BCUT2D eigenvalue weighted by Gasteiger charge is -2.23. The summed E-state index contributed by atoms with van der Waals surface area (Å²) in [6, 6.07) is 6.09. The van der Waals surface area contributed by atoms with Crippen molar-refractivity contribution in [2.24, 2.45) is 0 Å². The zero-order valence-electron chi connectivity index (χ0n) is 13.2. The summed E-state index contributed by atoms with van der Waals surface area (Å²) < 4.78 is 10.5. The summed E-state index contributed by atoms with van der Waals surface area (Å²) in [5.41, 5.74) is 0. The third-order valence-corrected chi connectivity index (χ3v) is 4.61. The van der Waals surface area contributed by atoms with Crippen LogP contribution >= 0.6 is 11.8 Å². The average molecular weight is 324 g/mol. The van der Waals surface area contributed by atoms with E-state index in [9.17, 15) is 4.79 Å². The van der Waals surface area contributed by atoms with E-state index in [-0.39, 0.29) is 11.9 Å². The van der Waals surface area contributed by atoms with Crippen LogP contribution in [-0.4, -0.2) is 45.0 Å². The Hall–Kier alpha value is -1.40. The Morgan fingerprint density at radius 3 is 2.86 bits per heavy atom. The van der Waals surface area contributed by atoms with Crippen molar-refractivity contribution in [2.75, 3.05) is 33.1 Å². The topological polar surface area (TPSA) is 59.6 Å². The van der Waals surface area contributed by atoms with E-state index < -0.39 is 0 Å². The zero-order valence-corrected chi connectivity index (χ0v) is 14.0. The highest BCUT2D eigenvalue weighted by atomic mass is 32.2. The Balaban J connectivity index is 1.74. The maximum absolute atomic E-state index is 11.9. The van der Waals surface area contributed by atoms with Crippen LogP contribution < -0.4 is 20.1 Å². The van der Waals surface area contributed by atoms with Crippen LogP contribution in [0.3, 0.4) is 0 Å². The summed E-state index contributed by atoms with van der Waals surface area (Å²) in [5.74, 6) is 2.31. The fourth-order valence-corrected chi connectivity index (χ4v) is 3.32. The SMILES string of the molecule is COc1ccc(SCCC(=O)NC2CCCNC2)cc1OC. The van der Waals surface area contributed by atoms with Crippen LogP contribution in [0.2, 0.25) is 0 Å². The first-order chi connectivity index (χ1) is 10.7. The van der Waals surface area contributed by atoms with Crippen LogP contribution in [0, 0.1) is 0 Å². The molecule has 0 radical (unpaired) electrons. The lowest BCUT2D eigenvalue weighted by molar-refractivity contribution is -0.121. The highest BCUT2D eigenvalue weighted by Gasteiger charge is 2.15. The number of hydrogen-bond acceptors (Lipinski definition) is 5. The second-order valence-corrected chi connectivity index (χ2v) is 6.39. The molecule has 1 aromatic carbocycles. The van der Waals surface area contributed by atoms with Crippen molar-refractivity contribution >= 4 is 17.7 Å². The summed E-state index contributed by atoms with van der Waals surface area (Å²) in [5, 5.41) is 6.39. The molecule has 0 bridgehead atoms. The molecule has 2 N–H and O–H groups in total. The predicted molar refractivity (Wildman–Crippen MR) is 88.9 cm³/mol. The van der Waals surface area contributed by atoms with E-state index in [1.54, 1.807) is 26.0 Å². The van der Waals surface area contributed by atoms with Gasteiger partial charge in [0, 0.05) is 29.7 Å². The molecular formula is C16H24N2O3S. The molecule has 1 saturated heterocycles. The summed E-state index contributed by atoms with van der Waals surface area (Å²) in [6.45, 7) is 1.94. The lowest BCUT2D eigenvalue weighted by Crippen LogP contribution is -2.45. The summed E-state index contributed by atoms with van der Waals surface area (Å²) >= 11 is 1.65. The fourth-order valence-electron chi connectivity index (χ4n) is 2.44. The van der Waals surface area contributed by atoms with E-state index >= 15 is 0 Å². The van der Waals surface area contributed by atoms with Gasteiger partial charge in [-0.3, -0.25) is 4.79 Å². The van der Waals surface area contributed by atoms with Gasteiger partial charge >= 0.3 is 0 Å². The number of rotatable bonds is 7. The minimum atomic E-state index is 0.127. The maximum atomic E-state index is 11.9. The van der Waals surface area contributed by atoms with Gasteiger partial charge in [0.2, 0.25) is 5.91 Å². The second-order valence-electron chi connectivity index (χ2n) is 5.23. The summed E-state index contributed by atoms with van der Waals surface area (Å²) in [4.78, 5) is 13.0.